The van der Waals surface area contributed by atoms with Gasteiger partial charge in [-0.1, -0.05) is 0 Å². The van der Waals surface area contributed by atoms with Crippen LogP contribution >= 0.6 is 0 Å². The van der Waals surface area contributed by atoms with Gasteiger partial charge in [-0.2, -0.15) is 0 Å². The summed E-state index contributed by atoms with van der Waals surface area (Å²) in [5, 5.41) is 9.42. The van der Waals surface area contributed by atoms with Crippen molar-refractivity contribution >= 4 is 17.5 Å². The number of ether oxygens (including phenoxy) is 1. The molecule has 0 aromatic heterocycles. The summed E-state index contributed by atoms with van der Waals surface area (Å²) in [6.07, 6.45) is 3.19. The van der Waals surface area contributed by atoms with Crippen LogP contribution in [0.15, 0.2) is 22.7 Å². The Hall–Kier alpha value is -1.91. The van der Waals surface area contributed by atoms with Crippen LogP contribution in [-0.4, -0.2) is 22.6 Å². The number of carboxylic acids is 1. The summed E-state index contributed by atoms with van der Waals surface area (Å²) in [6.45, 7) is 0. The van der Waals surface area contributed by atoms with Gasteiger partial charge < -0.3 is 9.84 Å². The number of carbonyl (C=O) groups excluding carboxylic acids is 2. The zero-order valence-corrected chi connectivity index (χ0v) is 10.4. The monoisotopic (exact) mass is 262 g/mol. The summed E-state index contributed by atoms with van der Waals surface area (Å²) in [4.78, 5) is 35.5. The lowest BCUT2D eigenvalue weighted by molar-refractivity contribution is -0.141. The Labute approximate surface area is 109 Å². The number of hydrogen-bond donors (Lipinski definition) is 1. The van der Waals surface area contributed by atoms with E-state index in [9.17, 15) is 19.5 Å². The molecule has 1 aliphatic heterocycles. The van der Waals surface area contributed by atoms with Crippen molar-refractivity contribution < 1.29 is 24.2 Å². The molecule has 3 rings (SSSR count). The molecule has 0 radical (unpaired) electrons. The zero-order valence-electron chi connectivity index (χ0n) is 10.4. The fourth-order valence-corrected chi connectivity index (χ4v) is 3.06. The minimum Gasteiger partial charge on any atom is -0.481 e. The average Bonchev–Trinajstić information content (AvgIpc) is 2.37. The largest absolute Gasteiger partial charge is 0.481 e. The normalized spacial score (nSPS) is 24.0. The highest BCUT2D eigenvalue weighted by atomic mass is 16.5. The summed E-state index contributed by atoms with van der Waals surface area (Å²) in [7, 11) is 0. The van der Waals surface area contributed by atoms with Gasteiger partial charge in [0, 0.05) is 25.7 Å². The smallest absolute Gasteiger partial charge is 0.316 e. The number of carboxylic acid groups (broad SMARTS) is 1. The Kier molecular flexibility index (Phi) is 2.77. The van der Waals surface area contributed by atoms with Gasteiger partial charge in [0.2, 0.25) is 0 Å². The third-order valence-electron chi connectivity index (χ3n) is 3.89. The van der Waals surface area contributed by atoms with Crippen LogP contribution in [0.4, 0.5) is 0 Å². The minimum absolute atomic E-state index is 0.196. The number of aliphatic carboxylic acids is 1. The predicted octanol–water partition coefficient (Wildman–Crippen LogP) is 1.73. The number of carbonyl (C=O) groups is 3. The zero-order chi connectivity index (χ0) is 13.6. The van der Waals surface area contributed by atoms with Gasteiger partial charge in [0.25, 0.3) is 0 Å². The Morgan fingerprint density at radius 3 is 1.84 bits per heavy atom. The van der Waals surface area contributed by atoms with Gasteiger partial charge in [-0.05, 0) is 12.8 Å². The first kappa shape index (κ1) is 12.1. The molecule has 5 nitrogen and oxygen atoms in total. The molecular formula is C14H14O5. The number of ketones is 2. The second-order valence-corrected chi connectivity index (χ2v) is 5.10. The first-order valence-electron chi connectivity index (χ1n) is 6.52. The van der Waals surface area contributed by atoms with Crippen molar-refractivity contribution in [3.05, 3.63) is 22.7 Å². The molecule has 0 fully saturated rings. The van der Waals surface area contributed by atoms with Gasteiger partial charge in [0.05, 0.1) is 11.1 Å². The molecule has 0 saturated carbocycles. The van der Waals surface area contributed by atoms with Gasteiger partial charge in [-0.15, -0.1) is 0 Å². The second-order valence-electron chi connectivity index (χ2n) is 5.10. The number of allylic oxidation sites excluding steroid dienone is 2. The van der Waals surface area contributed by atoms with Crippen molar-refractivity contribution in [2.24, 2.45) is 5.92 Å². The van der Waals surface area contributed by atoms with E-state index in [1.165, 1.54) is 0 Å². The van der Waals surface area contributed by atoms with Gasteiger partial charge in [0.15, 0.2) is 11.6 Å². The van der Waals surface area contributed by atoms with Gasteiger partial charge in [-0.3, -0.25) is 14.4 Å². The van der Waals surface area contributed by atoms with Crippen LogP contribution < -0.4 is 0 Å². The maximum absolute atomic E-state index is 12.0. The molecule has 0 saturated heterocycles. The maximum Gasteiger partial charge on any atom is 0.316 e. The summed E-state index contributed by atoms with van der Waals surface area (Å²) >= 11 is 0. The molecule has 0 amide bonds. The van der Waals surface area contributed by atoms with Crippen LogP contribution in [0.5, 0.6) is 0 Å². The van der Waals surface area contributed by atoms with Crippen LogP contribution in [0.3, 0.4) is 0 Å². The summed E-state index contributed by atoms with van der Waals surface area (Å²) in [5.41, 5.74) is 0.403. The van der Waals surface area contributed by atoms with Crippen molar-refractivity contribution in [3.8, 4) is 0 Å². The molecule has 1 heterocycles. The highest BCUT2D eigenvalue weighted by Crippen LogP contribution is 2.42. The lowest BCUT2D eigenvalue weighted by atomic mass is 9.76. The molecule has 19 heavy (non-hydrogen) atoms. The number of Topliss-reactive ketones (excluding diaryl/α,β-unsaturated/α-hetero) is 2. The second kappa shape index (κ2) is 4.33. The van der Waals surface area contributed by atoms with E-state index in [1.54, 1.807) is 0 Å². The minimum atomic E-state index is -1.13. The third-order valence-corrected chi connectivity index (χ3v) is 3.89. The van der Waals surface area contributed by atoms with E-state index in [2.05, 4.69) is 0 Å². The van der Waals surface area contributed by atoms with E-state index >= 15 is 0 Å². The Morgan fingerprint density at radius 2 is 1.42 bits per heavy atom. The van der Waals surface area contributed by atoms with Crippen LogP contribution in [0.1, 0.15) is 38.5 Å². The van der Waals surface area contributed by atoms with E-state index in [4.69, 9.17) is 4.74 Å². The molecule has 0 aromatic rings. The van der Waals surface area contributed by atoms with E-state index < -0.39 is 11.9 Å². The van der Waals surface area contributed by atoms with Crippen LogP contribution in [0.2, 0.25) is 0 Å². The molecule has 0 atom stereocenters. The summed E-state index contributed by atoms with van der Waals surface area (Å²) in [5.74, 6) is -1.69. The molecule has 0 spiro atoms. The number of rotatable bonds is 1. The van der Waals surface area contributed by atoms with E-state index in [-0.39, 0.29) is 22.7 Å². The van der Waals surface area contributed by atoms with Gasteiger partial charge in [-0.25, -0.2) is 0 Å². The van der Waals surface area contributed by atoms with E-state index in [1.807, 2.05) is 0 Å². The van der Waals surface area contributed by atoms with E-state index in [0.717, 1.165) is 0 Å². The molecule has 100 valence electrons. The predicted molar refractivity (Wildman–Crippen MR) is 64.0 cm³/mol. The molecule has 0 unspecified atom stereocenters. The fraction of sp³-hybridized carbons (Fsp3) is 0.500. The highest BCUT2D eigenvalue weighted by Gasteiger charge is 2.44. The Bertz CT molecular complexity index is 510. The van der Waals surface area contributed by atoms with Gasteiger partial charge >= 0.3 is 5.97 Å². The number of hydrogen-bond acceptors (Lipinski definition) is 4. The van der Waals surface area contributed by atoms with Crippen molar-refractivity contribution in [2.75, 3.05) is 0 Å². The third kappa shape index (κ3) is 1.80. The fourth-order valence-electron chi connectivity index (χ4n) is 3.06. The summed E-state index contributed by atoms with van der Waals surface area (Å²) in [6, 6.07) is 0. The average molecular weight is 262 g/mol. The molecule has 0 bridgehead atoms. The lowest BCUT2D eigenvalue weighted by Crippen LogP contribution is -2.35. The van der Waals surface area contributed by atoms with Crippen molar-refractivity contribution in [3.63, 3.8) is 0 Å². The first-order chi connectivity index (χ1) is 9.09. The SMILES string of the molecule is O=C1CCCC2=C1C(C(=O)O)C1=C(CCCC1=O)O2. The Morgan fingerprint density at radius 1 is 0.947 bits per heavy atom. The molecular weight excluding hydrogens is 248 g/mol. The molecule has 1 N–H and O–H groups in total. The molecule has 2 aliphatic carbocycles. The standard InChI is InChI=1S/C14H14O5/c15-7-3-1-5-9-11(7)13(14(17)18)12-8(16)4-2-6-10(12)19-9/h13H,1-6H2,(H,17,18). The topological polar surface area (TPSA) is 80.7 Å². The Balaban J connectivity index is 2.13. The van der Waals surface area contributed by atoms with Crippen LogP contribution in [0, 0.1) is 5.92 Å². The molecule has 3 aliphatic rings. The highest BCUT2D eigenvalue weighted by molar-refractivity contribution is 6.09. The summed E-state index contributed by atoms with van der Waals surface area (Å²) < 4.78 is 5.67. The van der Waals surface area contributed by atoms with Crippen molar-refractivity contribution in [2.45, 2.75) is 38.5 Å². The molecule has 5 heteroatoms. The van der Waals surface area contributed by atoms with E-state index in [0.29, 0.717) is 50.0 Å². The van der Waals surface area contributed by atoms with Gasteiger partial charge in [0.1, 0.15) is 17.4 Å². The maximum atomic E-state index is 12.0. The lowest BCUT2D eigenvalue weighted by Gasteiger charge is -2.33. The van der Waals surface area contributed by atoms with Crippen LogP contribution in [0.25, 0.3) is 0 Å². The van der Waals surface area contributed by atoms with Crippen LogP contribution in [-0.2, 0) is 19.1 Å². The quantitative estimate of drug-likeness (QED) is 0.778. The first-order valence-corrected chi connectivity index (χ1v) is 6.52. The van der Waals surface area contributed by atoms with Crippen molar-refractivity contribution in [1.29, 1.82) is 0 Å². The molecule has 0 aromatic carbocycles. The van der Waals surface area contributed by atoms with Crippen molar-refractivity contribution in [1.82, 2.24) is 0 Å².